The molecule has 0 saturated heterocycles. The van der Waals surface area contributed by atoms with Crippen LogP contribution in [0.4, 0.5) is 10.1 Å². The minimum absolute atomic E-state index is 0.177. The summed E-state index contributed by atoms with van der Waals surface area (Å²) in [7, 11) is 0. The summed E-state index contributed by atoms with van der Waals surface area (Å²) in [5.74, 6) is -0.556. The van der Waals surface area contributed by atoms with Crippen LogP contribution in [0.5, 0.6) is 0 Å². The van der Waals surface area contributed by atoms with Crippen molar-refractivity contribution in [3.8, 4) is 0 Å². The third-order valence-corrected chi connectivity index (χ3v) is 3.58. The van der Waals surface area contributed by atoms with Crippen LogP contribution in [0.1, 0.15) is 13.3 Å². The number of halogens is 3. The summed E-state index contributed by atoms with van der Waals surface area (Å²) in [5, 5.41) is 2.63. The number of anilines is 1. The second-order valence-electron chi connectivity index (χ2n) is 2.99. The first-order chi connectivity index (χ1) is 7.04. The zero-order valence-corrected chi connectivity index (χ0v) is 11.2. The van der Waals surface area contributed by atoms with Gasteiger partial charge in [-0.05, 0) is 40.5 Å². The quantitative estimate of drug-likeness (QED) is 0.836. The van der Waals surface area contributed by atoms with Crippen molar-refractivity contribution >= 4 is 43.5 Å². The Balaban J connectivity index is 2.80. The van der Waals surface area contributed by atoms with Crippen LogP contribution < -0.4 is 5.32 Å². The number of alkyl halides is 1. The molecule has 0 fully saturated rings. The van der Waals surface area contributed by atoms with E-state index in [0.29, 0.717) is 16.6 Å². The van der Waals surface area contributed by atoms with Crippen molar-refractivity contribution in [1.29, 1.82) is 0 Å². The van der Waals surface area contributed by atoms with Crippen molar-refractivity contribution < 1.29 is 9.18 Å². The van der Waals surface area contributed by atoms with E-state index in [1.54, 1.807) is 6.07 Å². The van der Waals surface area contributed by atoms with Gasteiger partial charge in [0.2, 0.25) is 5.91 Å². The van der Waals surface area contributed by atoms with Crippen LogP contribution in [0.3, 0.4) is 0 Å². The second-order valence-corrected chi connectivity index (χ2v) is 4.95. The smallest absolute Gasteiger partial charge is 0.238 e. The van der Waals surface area contributed by atoms with E-state index in [1.165, 1.54) is 12.1 Å². The zero-order valence-electron chi connectivity index (χ0n) is 8.06. The van der Waals surface area contributed by atoms with Crippen molar-refractivity contribution in [2.24, 2.45) is 0 Å². The molecular weight excluding hydrogens is 329 g/mol. The maximum absolute atomic E-state index is 12.9. The van der Waals surface area contributed by atoms with Gasteiger partial charge in [0.1, 0.15) is 5.82 Å². The lowest BCUT2D eigenvalue weighted by Gasteiger charge is -2.10. The van der Waals surface area contributed by atoms with Crippen molar-refractivity contribution in [2.45, 2.75) is 18.2 Å². The van der Waals surface area contributed by atoms with Gasteiger partial charge < -0.3 is 5.32 Å². The standard InChI is InChI=1S/C10H10Br2FNO/c1-2-7(11)10(15)14-9-5-6(13)3-4-8(9)12/h3-5,7H,2H2,1H3,(H,14,15). The highest BCUT2D eigenvalue weighted by Crippen LogP contribution is 2.23. The fourth-order valence-electron chi connectivity index (χ4n) is 0.990. The first kappa shape index (κ1) is 12.6. The molecule has 0 heterocycles. The predicted octanol–water partition coefficient (Wildman–Crippen LogP) is 3.70. The van der Waals surface area contributed by atoms with Crippen LogP contribution in [-0.2, 0) is 4.79 Å². The zero-order chi connectivity index (χ0) is 11.4. The van der Waals surface area contributed by atoms with E-state index in [0.717, 1.165) is 0 Å². The average Bonchev–Trinajstić information content (AvgIpc) is 2.22. The first-order valence-electron chi connectivity index (χ1n) is 4.44. The van der Waals surface area contributed by atoms with Gasteiger partial charge in [-0.15, -0.1) is 0 Å². The molecule has 0 spiro atoms. The molecule has 1 aromatic carbocycles. The maximum atomic E-state index is 12.9. The van der Waals surface area contributed by atoms with Crippen LogP contribution in [0.15, 0.2) is 22.7 Å². The molecule has 82 valence electrons. The summed E-state index contributed by atoms with van der Waals surface area (Å²) in [4.78, 5) is 11.2. The fourth-order valence-corrected chi connectivity index (χ4v) is 1.45. The number of carbonyl (C=O) groups excluding carboxylic acids is 1. The van der Waals surface area contributed by atoms with E-state index in [-0.39, 0.29) is 16.6 Å². The normalized spacial score (nSPS) is 12.3. The lowest BCUT2D eigenvalue weighted by atomic mass is 10.2. The van der Waals surface area contributed by atoms with Crippen molar-refractivity contribution in [2.75, 3.05) is 5.32 Å². The van der Waals surface area contributed by atoms with Crippen LogP contribution in [0.2, 0.25) is 0 Å². The summed E-state index contributed by atoms with van der Waals surface area (Å²) in [5.41, 5.74) is 0.443. The van der Waals surface area contributed by atoms with Gasteiger partial charge in [-0.25, -0.2) is 4.39 Å². The monoisotopic (exact) mass is 337 g/mol. The Bertz CT molecular complexity index is 370. The Morgan fingerprint density at radius 1 is 1.60 bits per heavy atom. The van der Waals surface area contributed by atoms with E-state index in [1.807, 2.05) is 6.92 Å². The molecule has 1 N–H and O–H groups in total. The molecule has 0 bridgehead atoms. The number of hydrogen-bond acceptors (Lipinski definition) is 1. The molecule has 5 heteroatoms. The summed E-state index contributed by atoms with van der Waals surface area (Å²) in [6, 6.07) is 4.16. The van der Waals surface area contributed by atoms with Gasteiger partial charge in [0.05, 0.1) is 10.5 Å². The van der Waals surface area contributed by atoms with Crippen LogP contribution >= 0.6 is 31.9 Å². The third kappa shape index (κ3) is 3.57. The lowest BCUT2D eigenvalue weighted by molar-refractivity contribution is -0.115. The van der Waals surface area contributed by atoms with Gasteiger partial charge in [-0.3, -0.25) is 4.79 Å². The Labute approximate surface area is 105 Å². The van der Waals surface area contributed by atoms with E-state index >= 15 is 0 Å². The lowest BCUT2D eigenvalue weighted by Crippen LogP contribution is -2.22. The van der Waals surface area contributed by atoms with Crippen molar-refractivity contribution in [3.05, 3.63) is 28.5 Å². The molecule has 0 aliphatic heterocycles. The van der Waals surface area contributed by atoms with Crippen LogP contribution in [0, 0.1) is 5.82 Å². The Morgan fingerprint density at radius 3 is 2.87 bits per heavy atom. The second kappa shape index (κ2) is 5.61. The third-order valence-electron chi connectivity index (χ3n) is 1.83. The van der Waals surface area contributed by atoms with Crippen molar-refractivity contribution in [3.63, 3.8) is 0 Å². The van der Waals surface area contributed by atoms with Gasteiger partial charge in [0, 0.05) is 4.47 Å². The molecule has 15 heavy (non-hydrogen) atoms. The highest BCUT2D eigenvalue weighted by atomic mass is 79.9. The van der Waals surface area contributed by atoms with Gasteiger partial charge >= 0.3 is 0 Å². The predicted molar refractivity (Wildman–Crippen MR) is 65.7 cm³/mol. The molecule has 0 aromatic heterocycles. The van der Waals surface area contributed by atoms with Gasteiger partial charge in [0.15, 0.2) is 0 Å². The summed E-state index contributed by atoms with van der Waals surface area (Å²) >= 11 is 6.45. The number of hydrogen-bond donors (Lipinski definition) is 1. The molecular formula is C10H10Br2FNO. The molecule has 0 radical (unpaired) electrons. The Morgan fingerprint density at radius 2 is 2.27 bits per heavy atom. The van der Waals surface area contributed by atoms with E-state index in [4.69, 9.17) is 0 Å². The number of benzene rings is 1. The van der Waals surface area contributed by atoms with E-state index < -0.39 is 0 Å². The summed E-state index contributed by atoms with van der Waals surface area (Å²) in [6.07, 6.45) is 0.679. The minimum Gasteiger partial charge on any atom is -0.324 e. The van der Waals surface area contributed by atoms with E-state index in [9.17, 15) is 9.18 Å². The van der Waals surface area contributed by atoms with Crippen LogP contribution in [0.25, 0.3) is 0 Å². The molecule has 1 unspecified atom stereocenters. The van der Waals surface area contributed by atoms with Crippen LogP contribution in [-0.4, -0.2) is 10.7 Å². The molecule has 2 nitrogen and oxygen atoms in total. The van der Waals surface area contributed by atoms with Crippen molar-refractivity contribution in [1.82, 2.24) is 0 Å². The number of rotatable bonds is 3. The van der Waals surface area contributed by atoms with E-state index in [2.05, 4.69) is 37.2 Å². The molecule has 0 aliphatic carbocycles. The van der Waals surface area contributed by atoms with Gasteiger partial charge in [-0.1, -0.05) is 22.9 Å². The molecule has 0 aliphatic rings. The molecule has 1 atom stereocenters. The minimum atomic E-state index is -0.379. The summed E-state index contributed by atoms with van der Waals surface area (Å²) in [6.45, 7) is 1.89. The number of amides is 1. The number of nitrogens with one attached hydrogen (secondary N) is 1. The summed E-state index contributed by atoms with van der Waals surface area (Å²) < 4.78 is 13.6. The SMILES string of the molecule is CCC(Br)C(=O)Nc1cc(F)ccc1Br. The largest absolute Gasteiger partial charge is 0.324 e. The highest BCUT2D eigenvalue weighted by molar-refractivity contribution is 9.10. The Kier molecular flexibility index (Phi) is 4.73. The Hall–Kier alpha value is -0.420. The fraction of sp³-hybridized carbons (Fsp3) is 0.300. The van der Waals surface area contributed by atoms with Gasteiger partial charge in [0.25, 0.3) is 0 Å². The molecule has 0 saturated carbocycles. The molecule has 1 amide bonds. The topological polar surface area (TPSA) is 29.1 Å². The molecule has 1 rings (SSSR count). The number of carbonyl (C=O) groups is 1. The molecule has 1 aromatic rings. The average molecular weight is 339 g/mol. The van der Waals surface area contributed by atoms with Gasteiger partial charge in [-0.2, -0.15) is 0 Å². The highest BCUT2D eigenvalue weighted by Gasteiger charge is 2.13. The first-order valence-corrected chi connectivity index (χ1v) is 6.15. The maximum Gasteiger partial charge on any atom is 0.238 e.